The molecule has 0 bridgehead atoms. The van der Waals surface area contributed by atoms with Crippen molar-refractivity contribution in [3.8, 4) is 0 Å². The lowest BCUT2D eigenvalue weighted by Gasteiger charge is -2.33. The van der Waals surface area contributed by atoms with E-state index in [-0.39, 0.29) is 11.9 Å². The molecule has 1 aromatic rings. The Morgan fingerprint density at radius 2 is 2.00 bits per heavy atom. The minimum absolute atomic E-state index is 0.0101. The number of carbonyl (C=O) groups excluding carboxylic acids is 1. The SMILES string of the molecule is CCCc1ccc(C(=O)NC2CCN(CC(O)COC)CC2)cc1. The zero-order chi connectivity index (χ0) is 17.4. The molecule has 24 heavy (non-hydrogen) atoms. The number of aliphatic hydroxyl groups excluding tert-OH is 1. The molecule has 1 aromatic carbocycles. The highest BCUT2D eigenvalue weighted by Gasteiger charge is 2.22. The molecular formula is C19H30N2O3. The van der Waals surface area contributed by atoms with Crippen molar-refractivity contribution < 1.29 is 14.6 Å². The van der Waals surface area contributed by atoms with Crippen LogP contribution >= 0.6 is 0 Å². The van der Waals surface area contributed by atoms with Crippen LogP contribution in [0.4, 0.5) is 0 Å². The maximum Gasteiger partial charge on any atom is 0.251 e. The summed E-state index contributed by atoms with van der Waals surface area (Å²) in [5.41, 5.74) is 2.00. The summed E-state index contributed by atoms with van der Waals surface area (Å²) in [6, 6.07) is 8.12. The second-order valence-electron chi connectivity index (χ2n) is 6.60. The van der Waals surface area contributed by atoms with Crippen molar-refractivity contribution in [2.75, 3.05) is 33.4 Å². The number of likely N-dealkylation sites (tertiary alicyclic amines) is 1. The Morgan fingerprint density at radius 3 is 2.58 bits per heavy atom. The van der Waals surface area contributed by atoms with Gasteiger partial charge in [-0.15, -0.1) is 0 Å². The highest BCUT2D eigenvalue weighted by Crippen LogP contribution is 2.13. The average Bonchev–Trinajstić information content (AvgIpc) is 2.58. The second-order valence-corrected chi connectivity index (χ2v) is 6.60. The van der Waals surface area contributed by atoms with Crippen LogP contribution in [0.15, 0.2) is 24.3 Å². The third kappa shape index (κ3) is 5.89. The highest BCUT2D eigenvalue weighted by molar-refractivity contribution is 5.94. The van der Waals surface area contributed by atoms with Gasteiger partial charge in [-0.1, -0.05) is 25.5 Å². The Hall–Kier alpha value is -1.43. The Bertz CT molecular complexity index is 496. The van der Waals surface area contributed by atoms with Crippen molar-refractivity contribution in [2.45, 2.75) is 44.8 Å². The van der Waals surface area contributed by atoms with Gasteiger partial charge in [0.2, 0.25) is 0 Å². The first-order valence-electron chi connectivity index (χ1n) is 8.91. The van der Waals surface area contributed by atoms with Crippen molar-refractivity contribution in [3.63, 3.8) is 0 Å². The predicted octanol–water partition coefficient (Wildman–Crippen LogP) is 1.84. The molecule has 1 atom stereocenters. The van der Waals surface area contributed by atoms with Crippen molar-refractivity contribution in [1.82, 2.24) is 10.2 Å². The summed E-state index contributed by atoms with van der Waals surface area (Å²) < 4.78 is 4.96. The Labute approximate surface area is 145 Å². The van der Waals surface area contributed by atoms with E-state index < -0.39 is 6.10 Å². The summed E-state index contributed by atoms with van der Waals surface area (Å²) in [6.07, 6.45) is 3.56. The third-order valence-corrected chi connectivity index (χ3v) is 4.51. The van der Waals surface area contributed by atoms with Crippen LogP contribution in [0.25, 0.3) is 0 Å². The number of nitrogens with one attached hydrogen (secondary N) is 1. The van der Waals surface area contributed by atoms with Gasteiger partial charge < -0.3 is 20.1 Å². The number of benzene rings is 1. The first-order chi connectivity index (χ1) is 11.6. The molecule has 5 nitrogen and oxygen atoms in total. The lowest BCUT2D eigenvalue weighted by atomic mass is 10.0. The van der Waals surface area contributed by atoms with Gasteiger partial charge in [0.05, 0.1) is 12.7 Å². The smallest absolute Gasteiger partial charge is 0.251 e. The van der Waals surface area contributed by atoms with Gasteiger partial charge in [0.1, 0.15) is 0 Å². The maximum atomic E-state index is 12.3. The minimum Gasteiger partial charge on any atom is -0.389 e. The summed E-state index contributed by atoms with van der Waals surface area (Å²) in [5.74, 6) is 0.0101. The molecule has 1 aliphatic heterocycles. The number of nitrogens with zero attached hydrogens (tertiary/aromatic N) is 1. The third-order valence-electron chi connectivity index (χ3n) is 4.51. The van der Waals surface area contributed by atoms with Crippen molar-refractivity contribution in [1.29, 1.82) is 0 Å². The highest BCUT2D eigenvalue weighted by atomic mass is 16.5. The number of hydrogen-bond donors (Lipinski definition) is 2. The van der Waals surface area contributed by atoms with E-state index in [1.165, 1.54) is 5.56 Å². The fourth-order valence-corrected chi connectivity index (χ4v) is 3.18. The molecule has 5 heteroatoms. The quantitative estimate of drug-likeness (QED) is 0.761. The van der Waals surface area contributed by atoms with Crippen LogP contribution in [-0.4, -0.2) is 61.4 Å². The van der Waals surface area contributed by atoms with E-state index in [4.69, 9.17) is 4.74 Å². The van der Waals surface area contributed by atoms with Crippen LogP contribution in [0.1, 0.15) is 42.1 Å². The topological polar surface area (TPSA) is 61.8 Å². The van der Waals surface area contributed by atoms with Crippen LogP contribution in [0.2, 0.25) is 0 Å². The number of β-amino-alcohol motifs (C(OH)–C–C–N with tert-alkyl or cyclic N) is 1. The summed E-state index contributed by atoms with van der Waals surface area (Å²) in [7, 11) is 1.60. The number of methoxy groups -OCH3 is 1. The zero-order valence-corrected chi connectivity index (χ0v) is 14.8. The van der Waals surface area contributed by atoms with Crippen molar-refractivity contribution in [2.24, 2.45) is 0 Å². The van der Waals surface area contributed by atoms with Crippen molar-refractivity contribution >= 4 is 5.91 Å². The van der Waals surface area contributed by atoms with E-state index in [1.54, 1.807) is 7.11 Å². The average molecular weight is 334 g/mol. The normalized spacial score (nSPS) is 17.6. The molecule has 1 heterocycles. The van der Waals surface area contributed by atoms with E-state index >= 15 is 0 Å². The number of carbonyl (C=O) groups is 1. The largest absolute Gasteiger partial charge is 0.389 e. The van der Waals surface area contributed by atoms with Crippen LogP contribution in [0.3, 0.4) is 0 Å². The number of aryl methyl sites for hydroxylation is 1. The van der Waals surface area contributed by atoms with Gasteiger partial charge in [-0.3, -0.25) is 4.79 Å². The van der Waals surface area contributed by atoms with Gasteiger partial charge in [0.15, 0.2) is 0 Å². The number of amides is 1. The Kier molecular flexibility index (Phi) is 7.69. The van der Waals surface area contributed by atoms with Gasteiger partial charge in [0, 0.05) is 38.3 Å². The fraction of sp³-hybridized carbons (Fsp3) is 0.632. The summed E-state index contributed by atoms with van der Waals surface area (Å²) >= 11 is 0. The number of ether oxygens (including phenoxy) is 1. The molecule has 0 saturated carbocycles. The summed E-state index contributed by atoms with van der Waals surface area (Å²) in [6.45, 7) is 4.93. The molecule has 0 radical (unpaired) electrons. The Balaban J connectivity index is 1.75. The van der Waals surface area contributed by atoms with E-state index in [0.717, 1.165) is 44.3 Å². The lowest BCUT2D eigenvalue weighted by molar-refractivity contribution is 0.0309. The van der Waals surface area contributed by atoms with E-state index in [9.17, 15) is 9.90 Å². The van der Waals surface area contributed by atoms with Gasteiger partial charge in [0.25, 0.3) is 5.91 Å². The first kappa shape index (κ1) is 18.9. The standard InChI is InChI=1S/C19H30N2O3/c1-3-4-15-5-7-16(8-6-15)19(23)20-17-9-11-21(12-10-17)13-18(22)14-24-2/h5-8,17-18,22H,3-4,9-14H2,1-2H3,(H,20,23). The van der Waals surface area contributed by atoms with Crippen molar-refractivity contribution in [3.05, 3.63) is 35.4 Å². The zero-order valence-electron chi connectivity index (χ0n) is 14.8. The van der Waals surface area contributed by atoms with Crippen LogP contribution in [-0.2, 0) is 11.2 Å². The monoisotopic (exact) mass is 334 g/mol. The molecule has 1 saturated heterocycles. The molecular weight excluding hydrogens is 304 g/mol. The molecule has 2 rings (SSSR count). The van der Waals surface area contributed by atoms with E-state index in [2.05, 4.69) is 17.1 Å². The summed E-state index contributed by atoms with van der Waals surface area (Å²) in [4.78, 5) is 14.6. The molecule has 2 N–H and O–H groups in total. The van der Waals surface area contributed by atoms with Crippen LogP contribution in [0, 0.1) is 0 Å². The van der Waals surface area contributed by atoms with Crippen LogP contribution < -0.4 is 5.32 Å². The first-order valence-corrected chi connectivity index (χ1v) is 8.91. The maximum absolute atomic E-state index is 12.3. The van der Waals surface area contributed by atoms with Gasteiger partial charge in [-0.25, -0.2) is 0 Å². The predicted molar refractivity (Wildman–Crippen MR) is 95.2 cm³/mol. The number of piperidine rings is 1. The molecule has 1 fully saturated rings. The van der Waals surface area contributed by atoms with Crippen LogP contribution in [0.5, 0.6) is 0 Å². The molecule has 1 aliphatic rings. The molecule has 134 valence electrons. The molecule has 0 spiro atoms. The molecule has 1 unspecified atom stereocenters. The number of hydrogen-bond acceptors (Lipinski definition) is 4. The fourth-order valence-electron chi connectivity index (χ4n) is 3.18. The minimum atomic E-state index is -0.442. The Morgan fingerprint density at radius 1 is 1.33 bits per heavy atom. The molecule has 0 aromatic heterocycles. The van der Waals surface area contributed by atoms with Gasteiger partial charge >= 0.3 is 0 Å². The molecule has 0 aliphatic carbocycles. The van der Waals surface area contributed by atoms with Gasteiger partial charge in [-0.2, -0.15) is 0 Å². The van der Waals surface area contributed by atoms with Gasteiger partial charge in [-0.05, 0) is 37.0 Å². The van der Waals surface area contributed by atoms with E-state index in [0.29, 0.717) is 13.2 Å². The lowest BCUT2D eigenvalue weighted by Crippen LogP contribution is -2.47. The molecule has 1 amide bonds. The second kappa shape index (κ2) is 9.77. The number of aliphatic hydroxyl groups is 1. The summed E-state index contributed by atoms with van der Waals surface area (Å²) in [5, 5.41) is 12.9. The van der Waals surface area contributed by atoms with E-state index in [1.807, 2.05) is 24.3 Å². The number of rotatable bonds is 8.